The van der Waals surface area contributed by atoms with Crippen molar-refractivity contribution in [2.24, 2.45) is 5.92 Å². The first-order chi connectivity index (χ1) is 9.66. The maximum Gasteiger partial charge on any atom is 0.229 e. The predicted molar refractivity (Wildman–Crippen MR) is 71.7 cm³/mol. The minimum Gasteiger partial charge on any atom is -0.381 e. The molecular formula is C14H22N2O4. The molecule has 112 valence electrons. The van der Waals surface area contributed by atoms with Crippen molar-refractivity contribution < 1.29 is 19.1 Å². The van der Waals surface area contributed by atoms with Crippen LogP contribution in [0.4, 0.5) is 0 Å². The number of carbonyl (C=O) groups is 3. The van der Waals surface area contributed by atoms with Crippen molar-refractivity contribution in [3.8, 4) is 0 Å². The van der Waals surface area contributed by atoms with E-state index in [0.29, 0.717) is 13.2 Å². The molecule has 0 aromatic carbocycles. The third-order valence-electron chi connectivity index (χ3n) is 3.56. The Kier molecular flexibility index (Phi) is 5.52. The molecule has 1 aliphatic heterocycles. The summed E-state index contributed by atoms with van der Waals surface area (Å²) in [6.07, 6.45) is 4.09. The van der Waals surface area contributed by atoms with Gasteiger partial charge in [0.2, 0.25) is 17.7 Å². The van der Waals surface area contributed by atoms with E-state index in [0.717, 1.165) is 18.9 Å². The Labute approximate surface area is 118 Å². The fourth-order valence-electron chi connectivity index (χ4n) is 2.11. The van der Waals surface area contributed by atoms with Crippen LogP contribution in [0.25, 0.3) is 0 Å². The lowest BCUT2D eigenvalue weighted by Crippen LogP contribution is -2.34. The van der Waals surface area contributed by atoms with Gasteiger partial charge in [-0.1, -0.05) is 0 Å². The van der Waals surface area contributed by atoms with Crippen molar-refractivity contribution in [2.75, 3.05) is 26.3 Å². The number of amides is 3. The minimum atomic E-state index is -0.170. The van der Waals surface area contributed by atoms with Gasteiger partial charge in [-0.15, -0.1) is 0 Å². The van der Waals surface area contributed by atoms with Gasteiger partial charge in [0.15, 0.2) is 0 Å². The molecule has 6 nitrogen and oxygen atoms in total. The lowest BCUT2D eigenvalue weighted by atomic mass is 10.3. The van der Waals surface area contributed by atoms with Crippen molar-refractivity contribution in [1.29, 1.82) is 0 Å². The first-order valence-corrected chi connectivity index (χ1v) is 7.34. The van der Waals surface area contributed by atoms with Gasteiger partial charge in [0.05, 0.1) is 0 Å². The second-order valence-corrected chi connectivity index (χ2v) is 5.41. The van der Waals surface area contributed by atoms with Crippen LogP contribution in [0.1, 0.15) is 38.5 Å². The van der Waals surface area contributed by atoms with Crippen LogP contribution in [0, 0.1) is 5.92 Å². The number of nitrogens with zero attached hydrogens (tertiary/aromatic N) is 1. The van der Waals surface area contributed by atoms with Crippen molar-refractivity contribution in [2.45, 2.75) is 38.5 Å². The highest BCUT2D eigenvalue weighted by Crippen LogP contribution is 2.28. The molecule has 0 atom stereocenters. The quantitative estimate of drug-likeness (QED) is 0.492. The summed E-state index contributed by atoms with van der Waals surface area (Å²) in [6.45, 7) is 2.28. The summed E-state index contributed by atoms with van der Waals surface area (Å²) in [5, 5.41) is 2.77. The maximum atomic E-state index is 11.6. The smallest absolute Gasteiger partial charge is 0.229 e. The molecule has 2 rings (SSSR count). The molecule has 1 saturated carbocycles. The van der Waals surface area contributed by atoms with Gasteiger partial charge in [0, 0.05) is 45.6 Å². The van der Waals surface area contributed by atoms with Gasteiger partial charge in [-0.3, -0.25) is 19.3 Å². The fourth-order valence-corrected chi connectivity index (χ4v) is 2.11. The number of likely N-dealkylation sites (tertiary alicyclic amines) is 1. The maximum absolute atomic E-state index is 11.6. The summed E-state index contributed by atoms with van der Waals surface area (Å²) in [7, 11) is 0. The summed E-state index contributed by atoms with van der Waals surface area (Å²) >= 11 is 0. The number of carbonyl (C=O) groups excluding carboxylic acids is 3. The highest BCUT2D eigenvalue weighted by atomic mass is 16.5. The van der Waals surface area contributed by atoms with Crippen LogP contribution < -0.4 is 5.32 Å². The molecule has 0 aromatic heterocycles. The summed E-state index contributed by atoms with van der Waals surface area (Å²) in [5.41, 5.74) is 0. The predicted octanol–water partition coefficient (Wildman–Crippen LogP) is 0.458. The van der Waals surface area contributed by atoms with Crippen molar-refractivity contribution in [3.05, 3.63) is 0 Å². The summed E-state index contributed by atoms with van der Waals surface area (Å²) < 4.78 is 5.46. The zero-order valence-electron chi connectivity index (χ0n) is 11.7. The minimum absolute atomic E-state index is 0.125. The Morgan fingerprint density at radius 1 is 1.25 bits per heavy atom. The van der Waals surface area contributed by atoms with Gasteiger partial charge in [-0.05, 0) is 25.2 Å². The molecule has 1 aliphatic carbocycles. The molecule has 0 radical (unpaired) electrons. The van der Waals surface area contributed by atoms with Crippen LogP contribution in [0.2, 0.25) is 0 Å². The van der Waals surface area contributed by atoms with Gasteiger partial charge < -0.3 is 10.1 Å². The van der Waals surface area contributed by atoms with Gasteiger partial charge in [0.1, 0.15) is 0 Å². The molecule has 2 fully saturated rings. The second-order valence-electron chi connectivity index (χ2n) is 5.41. The summed E-state index contributed by atoms with van der Waals surface area (Å²) in [5.74, 6) is 0.298. The molecule has 20 heavy (non-hydrogen) atoms. The van der Waals surface area contributed by atoms with Gasteiger partial charge in [-0.25, -0.2) is 0 Å². The van der Waals surface area contributed by atoms with E-state index in [9.17, 15) is 14.4 Å². The van der Waals surface area contributed by atoms with Gasteiger partial charge in [0.25, 0.3) is 0 Å². The molecular weight excluding hydrogens is 260 g/mol. The van der Waals surface area contributed by atoms with Gasteiger partial charge in [-0.2, -0.15) is 0 Å². The Balaban J connectivity index is 1.47. The average Bonchev–Trinajstić information content (AvgIpc) is 3.19. The molecule has 3 amide bonds. The zero-order valence-corrected chi connectivity index (χ0v) is 11.7. The van der Waals surface area contributed by atoms with Crippen molar-refractivity contribution in [1.82, 2.24) is 10.2 Å². The Hall–Kier alpha value is -1.43. The zero-order chi connectivity index (χ0) is 14.4. The molecule has 1 N–H and O–H groups in total. The Morgan fingerprint density at radius 2 is 1.95 bits per heavy atom. The molecule has 0 aromatic rings. The standard InChI is InChI=1S/C14H22N2O4/c17-12(6-8-16-13(18)4-5-14(16)19)15-7-1-9-20-10-11-2-3-11/h11H,1-10H2,(H,15,17). The molecule has 1 heterocycles. The van der Waals surface area contributed by atoms with E-state index in [2.05, 4.69) is 5.32 Å². The molecule has 6 heteroatoms. The number of rotatable bonds is 9. The summed E-state index contributed by atoms with van der Waals surface area (Å²) in [6, 6.07) is 0. The monoisotopic (exact) mass is 282 g/mol. The number of hydrogen-bond donors (Lipinski definition) is 1. The number of imide groups is 1. The van der Waals surface area contributed by atoms with Crippen molar-refractivity contribution in [3.63, 3.8) is 0 Å². The van der Waals surface area contributed by atoms with Crippen LogP contribution in [0.3, 0.4) is 0 Å². The SMILES string of the molecule is O=C(CCN1C(=O)CCC1=O)NCCCOCC1CC1. The topological polar surface area (TPSA) is 75.7 Å². The van der Waals surface area contributed by atoms with E-state index in [1.54, 1.807) is 0 Å². The summed E-state index contributed by atoms with van der Waals surface area (Å²) in [4.78, 5) is 35.4. The highest BCUT2D eigenvalue weighted by Gasteiger charge is 2.28. The lowest BCUT2D eigenvalue weighted by molar-refractivity contribution is -0.138. The lowest BCUT2D eigenvalue weighted by Gasteiger charge is -2.13. The third kappa shape index (κ3) is 4.92. The van der Waals surface area contributed by atoms with Crippen LogP contribution in [-0.2, 0) is 19.1 Å². The first-order valence-electron chi connectivity index (χ1n) is 7.34. The van der Waals surface area contributed by atoms with Crippen LogP contribution in [-0.4, -0.2) is 48.9 Å². The normalized spacial score (nSPS) is 18.7. The molecule has 1 saturated heterocycles. The van der Waals surface area contributed by atoms with E-state index in [-0.39, 0.29) is 43.5 Å². The molecule has 0 unspecified atom stereocenters. The number of nitrogens with one attached hydrogen (secondary N) is 1. The number of hydrogen-bond acceptors (Lipinski definition) is 4. The van der Waals surface area contributed by atoms with E-state index in [1.165, 1.54) is 17.7 Å². The van der Waals surface area contributed by atoms with E-state index in [4.69, 9.17) is 4.74 Å². The molecule has 0 spiro atoms. The average molecular weight is 282 g/mol. The van der Waals surface area contributed by atoms with E-state index < -0.39 is 0 Å². The van der Waals surface area contributed by atoms with E-state index in [1.807, 2.05) is 0 Å². The van der Waals surface area contributed by atoms with Crippen LogP contribution >= 0.6 is 0 Å². The highest BCUT2D eigenvalue weighted by molar-refractivity contribution is 6.02. The second kappa shape index (κ2) is 7.38. The van der Waals surface area contributed by atoms with E-state index >= 15 is 0 Å². The third-order valence-corrected chi connectivity index (χ3v) is 3.56. The first kappa shape index (κ1) is 15.0. The molecule has 0 bridgehead atoms. The fraction of sp³-hybridized carbons (Fsp3) is 0.786. The Morgan fingerprint density at radius 3 is 2.60 bits per heavy atom. The largest absolute Gasteiger partial charge is 0.381 e. The molecule has 2 aliphatic rings. The Bertz CT molecular complexity index is 363. The number of ether oxygens (including phenoxy) is 1. The van der Waals surface area contributed by atoms with Crippen molar-refractivity contribution >= 4 is 17.7 Å². The van der Waals surface area contributed by atoms with Crippen LogP contribution in [0.5, 0.6) is 0 Å². The van der Waals surface area contributed by atoms with Gasteiger partial charge >= 0.3 is 0 Å². The van der Waals surface area contributed by atoms with Crippen LogP contribution in [0.15, 0.2) is 0 Å².